The Kier molecular flexibility index (Phi) is 5.43. The Balaban J connectivity index is 0.00000147. The van der Waals surface area contributed by atoms with Crippen LogP contribution in [0.25, 0.3) is 0 Å². The van der Waals surface area contributed by atoms with Gasteiger partial charge in [0.2, 0.25) is 0 Å². The maximum absolute atomic E-state index is 12.2. The summed E-state index contributed by atoms with van der Waals surface area (Å²) in [5, 5.41) is 3.14. The molecule has 20 heavy (non-hydrogen) atoms. The molecule has 0 spiro atoms. The summed E-state index contributed by atoms with van der Waals surface area (Å²) in [5.41, 5.74) is 7.07. The van der Waals surface area contributed by atoms with Crippen molar-refractivity contribution < 1.29 is 9.53 Å². The Bertz CT molecular complexity index is 446. The maximum atomic E-state index is 12.2. The predicted molar refractivity (Wildman–Crippen MR) is 82.6 cm³/mol. The molecule has 4 nitrogen and oxygen atoms in total. The van der Waals surface area contributed by atoms with Crippen molar-refractivity contribution >= 4 is 29.7 Å². The van der Waals surface area contributed by atoms with Crippen molar-refractivity contribution in [3.8, 4) is 0 Å². The van der Waals surface area contributed by atoms with Gasteiger partial charge in [-0.1, -0.05) is 0 Å². The van der Waals surface area contributed by atoms with E-state index >= 15 is 0 Å². The minimum Gasteiger partial charge on any atom is -0.376 e. The number of carbonyl (C=O) groups is 1. The van der Waals surface area contributed by atoms with Crippen LogP contribution in [0.5, 0.6) is 0 Å². The van der Waals surface area contributed by atoms with E-state index in [-0.39, 0.29) is 18.3 Å². The molecule has 0 bridgehead atoms. The van der Waals surface area contributed by atoms with Crippen molar-refractivity contribution in [3.05, 3.63) is 21.4 Å². The van der Waals surface area contributed by atoms with Gasteiger partial charge in [0, 0.05) is 23.4 Å². The quantitative estimate of drug-likeness (QED) is 0.879. The van der Waals surface area contributed by atoms with Crippen LogP contribution < -0.4 is 11.1 Å². The van der Waals surface area contributed by atoms with E-state index in [1.807, 2.05) is 6.07 Å². The fourth-order valence-electron chi connectivity index (χ4n) is 2.78. The first-order valence-corrected chi connectivity index (χ1v) is 7.80. The number of ether oxygens (including phenoxy) is 1. The number of thiophene rings is 1. The summed E-state index contributed by atoms with van der Waals surface area (Å²) in [6, 6.07) is 2.60. The Hall–Kier alpha value is -0.620. The third-order valence-corrected chi connectivity index (χ3v) is 5.19. The fourth-order valence-corrected chi connectivity index (χ4v) is 3.83. The lowest BCUT2D eigenvalue weighted by atomic mass is 9.92. The SMILES string of the molecule is Cl.NC1CCC(NC(=O)c2cc3c(s2)CCOC3)CC1. The summed E-state index contributed by atoms with van der Waals surface area (Å²) >= 11 is 1.62. The predicted octanol–water partition coefficient (Wildman–Crippen LogP) is 2.24. The maximum Gasteiger partial charge on any atom is 0.261 e. The van der Waals surface area contributed by atoms with Crippen LogP contribution in [-0.2, 0) is 17.8 Å². The summed E-state index contributed by atoms with van der Waals surface area (Å²) in [6.45, 7) is 1.42. The molecule has 0 aromatic carbocycles. The van der Waals surface area contributed by atoms with Crippen molar-refractivity contribution in [1.82, 2.24) is 5.32 Å². The molecule has 1 aromatic rings. The molecule has 0 radical (unpaired) electrons. The number of hydrogen-bond acceptors (Lipinski definition) is 4. The van der Waals surface area contributed by atoms with Gasteiger partial charge < -0.3 is 15.8 Å². The van der Waals surface area contributed by atoms with Crippen LogP contribution in [0, 0.1) is 0 Å². The lowest BCUT2D eigenvalue weighted by Gasteiger charge is -2.26. The lowest BCUT2D eigenvalue weighted by Crippen LogP contribution is -2.40. The molecule has 0 unspecified atom stereocenters. The van der Waals surface area contributed by atoms with E-state index in [0.29, 0.717) is 18.7 Å². The standard InChI is InChI=1S/C14H20N2O2S.ClH/c15-10-1-3-11(4-2-10)16-14(17)13-7-9-8-18-6-5-12(9)19-13;/h7,10-11H,1-6,8,15H2,(H,16,17);1H. The molecule has 1 aromatic heterocycles. The van der Waals surface area contributed by atoms with Crippen molar-refractivity contribution in [2.75, 3.05) is 6.61 Å². The van der Waals surface area contributed by atoms with E-state index in [1.54, 1.807) is 11.3 Å². The smallest absolute Gasteiger partial charge is 0.261 e. The zero-order valence-electron chi connectivity index (χ0n) is 11.4. The second kappa shape index (κ2) is 6.89. The van der Waals surface area contributed by atoms with Gasteiger partial charge in [-0.3, -0.25) is 4.79 Å². The van der Waals surface area contributed by atoms with Gasteiger partial charge in [-0.15, -0.1) is 23.7 Å². The molecule has 0 saturated heterocycles. The minimum absolute atomic E-state index is 0. The minimum atomic E-state index is 0. The summed E-state index contributed by atoms with van der Waals surface area (Å²) < 4.78 is 5.41. The van der Waals surface area contributed by atoms with Gasteiger partial charge in [0.25, 0.3) is 5.91 Å². The molecule has 1 fully saturated rings. The molecule has 112 valence electrons. The molecule has 3 N–H and O–H groups in total. The van der Waals surface area contributed by atoms with E-state index in [1.165, 1.54) is 10.4 Å². The Morgan fingerprint density at radius 3 is 2.80 bits per heavy atom. The molecular formula is C14H21ClN2O2S. The zero-order chi connectivity index (χ0) is 13.2. The highest BCUT2D eigenvalue weighted by atomic mass is 35.5. The molecule has 2 aliphatic rings. The average molecular weight is 317 g/mol. The summed E-state index contributed by atoms with van der Waals surface area (Å²) in [6.07, 6.45) is 4.97. The highest BCUT2D eigenvalue weighted by Gasteiger charge is 2.22. The Labute approximate surface area is 129 Å². The largest absolute Gasteiger partial charge is 0.376 e. The third-order valence-electron chi connectivity index (χ3n) is 3.96. The van der Waals surface area contributed by atoms with Crippen LogP contribution in [0.3, 0.4) is 0 Å². The average Bonchev–Trinajstić information content (AvgIpc) is 2.85. The molecule has 3 rings (SSSR count). The van der Waals surface area contributed by atoms with E-state index in [2.05, 4.69) is 5.32 Å². The van der Waals surface area contributed by atoms with E-state index < -0.39 is 0 Å². The second-order valence-corrected chi connectivity index (χ2v) is 6.58. The van der Waals surface area contributed by atoms with Gasteiger partial charge in [-0.05, 0) is 37.3 Å². The number of carbonyl (C=O) groups excluding carboxylic acids is 1. The van der Waals surface area contributed by atoms with E-state index in [9.17, 15) is 4.79 Å². The van der Waals surface area contributed by atoms with Crippen molar-refractivity contribution in [1.29, 1.82) is 0 Å². The van der Waals surface area contributed by atoms with Crippen LogP contribution in [0.1, 0.15) is 45.8 Å². The fraction of sp³-hybridized carbons (Fsp3) is 0.643. The molecule has 1 amide bonds. The van der Waals surface area contributed by atoms with Gasteiger partial charge in [0.15, 0.2) is 0 Å². The summed E-state index contributed by atoms with van der Waals surface area (Å²) in [5.74, 6) is 0.0693. The third kappa shape index (κ3) is 3.52. The number of hydrogen-bond donors (Lipinski definition) is 2. The summed E-state index contributed by atoms with van der Waals surface area (Å²) in [7, 11) is 0. The first kappa shape index (κ1) is 15.8. The van der Waals surface area contributed by atoms with Crippen LogP contribution in [-0.4, -0.2) is 24.6 Å². The molecule has 1 aliphatic heterocycles. The van der Waals surface area contributed by atoms with Crippen molar-refractivity contribution in [3.63, 3.8) is 0 Å². The van der Waals surface area contributed by atoms with Crippen LogP contribution >= 0.6 is 23.7 Å². The van der Waals surface area contributed by atoms with Gasteiger partial charge >= 0.3 is 0 Å². The van der Waals surface area contributed by atoms with Crippen molar-refractivity contribution in [2.45, 2.75) is 50.8 Å². The Morgan fingerprint density at radius 1 is 1.35 bits per heavy atom. The number of nitrogens with two attached hydrogens (primary N) is 1. The topological polar surface area (TPSA) is 64.3 Å². The van der Waals surface area contributed by atoms with E-state index in [4.69, 9.17) is 10.5 Å². The highest BCUT2D eigenvalue weighted by Crippen LogP contribution is 2.27. The molecule has 0 atom stereocenters. The van der Waals surface area contributed by atoms with Crippen LogP contribution in [0.2, 0.25) is 0 Å². The molecular weight excluding hydrogens is 296 g/mol. The molecule has 6 heteroatoms. The van der Waals surface area contributed by atoms with Gasteiger partial charge in [0.1, 0.15) is 0 Å². The van der Waals surface area contributed by atoms with E-state index in [0.717, 1.165) is 43.6 Å². The number of amides is 1. The number of fused-ring (bicyclic) bond motifs is 1. The second-order valence-electron chi connectivity index (χ2n) is 5.45. The van der Waals surface area contributed by atoms with Gasteiger partial charge in [0.05, 0.1) is 18.1 Å². The number of nitrogens with one attached hydrogen (secondary N) is 1. The Morgan fingerprint density at radius 2 is 2.10 bits per heavy atom. The number of rotatable bonds is 2. The first-order chi connectivity index (χ1) is 9.22. The van der Waals surface area contributed by atoms with Crippen molar-refractivity contribution in [2.24, 2.45) is 5.73 Å². The van der Waals surface area contributed by atoms with Crippen LogP contribution in [0.15, 0.2) is 6.07 Å². The normalized spacial score (nSPS) is 25.4. The molecule has 1 aliphatic carbocycles. The first-order valence-electron chi connectivity index (χ1n) is 6.98. The lowest BCUT2D eigenvalue weighted by molar-refractivity contribution is 0.0929. The molecule has 1 saturated carbocycles. The molecule has 2 heterocycles. The summed E-state index contributed by atoms with van der Waals surface area (Å²) in [4.78, 5) is 14.4. The zero-order valence-corrected chi connectivity index (χ0v) is 13.0. The van der Waals surface area contributed by atoms with Crippen LogP contribution in [0.4, 0.5) is 0 Å². The van der Waals surface area contributed by atoms with Gasteiger partial charge in [-0.25, -0.2) is 0 Å². The monoisotopic (exact) mass is 316 g/mol. The van der Waals surface area contributed by atoms with Gasteiger partial charge in [-0.2, -0.15) is 0 Å². The highest BCUT2D eigenvalue weighted by molar-refractivity contribution is 7.14. The number of halogens is 1.